The molecule has 4 nitrogen and oxygen atoms in total. The highest BCUT2D eigenvalue weighted by atomic mass is 79.9. The summed E-state index contributed by atoms with van der Waals surface area (Å²) in [6.45, 7) is -0.0826. The standard InChI is InChI=1S/C11H13BrO4S/c12-11-2-1-9(5-8(11)6-13)16-10-3-4-17(14,15)7-10/h1-2,5,10,13H,3-4,6-7H2. The minimum absolute atomic E-state index is 0.0809. The summed E-state index contributed by atoms with van der Waals surface area (Å²) in [7, 11) is -2.92. The second kappa shape index (κ2) is 4.96. The van der Waals surface area contributed by atoms with Crippen LogP contribution in [-0.2, 0) is 16.4 Å². The van der Waals surface area contributed by atoms with E-state index in [0.717, 1.165) is 10.0 Å². The van der Waals surface area contributed by atoms with Crippen LogP contribution in [0.5, 0.6) is 5.75 Å². The van der Waals surface area contributed by atoms with Crippen molar-refractivity contribution in [3.05, 3.63) is 28.2 Å². The molecule has 1 N–H and O–H groups in total. The topological polar surface area (TPSA) is 63.6 Å². The van der Waals surface area contributed by atoms with E-state index in [1.54, 1.807) is 18.2 Å². The van der Waals surface area contributed by atoms with Crippen LogP contribution in [0.3, 0.4) is 0 Å². The highest BCUT2D eigenvalue weighted by Crippen LogP contribution is 2.25. The Bertz CT molecular complexity index is 512. The van der Waals surface area contributed by atoms with Gasteiger partial charge in [0.05, 0.1) is 18.1 Å². The van der Waals surface area contributed by atoms with Crippen molar-refractivity contribution in [3.8, 4) is 5.75 Å². The molecular weight excluding hydrogens is 308 g/mol. The molecule has 2 rings (SSSR count). The first-order valence-electron chi connectivity index (χ1n) is 5.26. The molecule has 1 aliphatic rings. The molecule has 0 radical (unpaired) electrons. The van der Waals surface area contributed by atoms with E-state index in [9.17, 15) is 8.42 Å². The van der Waals surface area contributed by atoms with E-state index in [1.807, 2.05) is 0 Å². The number of aliphatic hydroxyl groups is 1. The smallest absolute Gasteiger partial charge is 0.154 e. The number of benzene rings is 1. The lowest BCUT2D eigenvalue weighted by Crippen LogP contribution is -2.17. The summed E-state index contributed by atoms with van der Waals surface area (Å²) in [5.41, 5.74) is 0.725. The van der Waals surface area contributed by atoms with Crippen LogP contribution in [-0.4, -0.2) is 31.1 Å². The van der Waals surface area contributed by atoms with Crippen LogP contribution in [0.2, 0.25) is 0 Å². The third-order valence-corrected chi connectivity index (χ3v) is 5.19. The van der Waals surface area contributed by atoms with Gasteiger partial charge in [-0.15, -0.1) is 0 Å². The van der Waals surface area contributed by atoms with Crippen molar-refractivity contribution in [1.29, 1.82) is 0 Å². The molecule has 0 aliphatic carbocycles. The van der Waals surface area contributed by atoms with Gasteiger partial charge in [0.2, 0.25) is 0 Å². The Hall–Kier alpha value is -0.590. The highest BCUT2D eigenvalue weighted by Gasteiger charge is 2.29. The fourth-order valence-electron chi connectivity index (χ4n) is 1.79. The molecule has 1 heterocycles. The van der Waals surface area contributed by atoms with E-state index in [0.29, 0.717) is 12.2 Å². The molecule has 1 aromatic rings. The second-order valence-corrected chi connectivity index (χ2v) is 7.14. The summed E-state index contributed by atoms with van der Waals surface area (Å²) >= 11 is 3.31. The zero-order chi connectivity index (χ0) is 12.5. The molecule has 0 spiro atoms. The van der Waals surface area contributed by atoms with Gasteiger partial charge in [-0.05, 0) is 30.2 Å². The van der Waals surface area contributed by atoms with Gasteiger partial charge in [-0.1, -0.05) is 15.9 Å². The van der Waals surface area contributed by atoms with Gasteiger partial charge in [0, 0.05) is 4.47 Å². The Labute approximate surface area is 109 Å². The Balaban J connectivity index is 2.09. The SMILES string of the molecule is O=S1(=O)CCC(Oc2ccc(Br)c(CO)c2)C1. The fourth-order valence-corrected chi connectivity index (χ4v) is 3.75. The van der Waals surface area contributed by atoms with Gasteiger partial charge < -0.3 is 9.84 Å². The summed E-state index contributed by atoms with van der Waals surface area (Å²) in [6.07, 6.45) is 0.264. The van der Waals surface area contributed by atoms with Gasteiger partial charge >= 0.3 is 0 Å². The monoisotopic (exact) mass is 320 g/mol. The van der Waals surface area contributed by atoms with Crippen LogP contribution in [0.25, 0.3) is 0 Å². The molecule has 0 saturated carbocycles. The minimum atomic E-state index is -2.92. The lowest BCUT2D eigenvalue weighted by molar-refractivity contribution is 0.227. The molecule has 1 aliphatic heterocycles. The average molecular weight is 321 g/mol. The predicted octanol–water partition coefficient (Wildman–Crippen LogP) is 1.51. The molecule has 0 aromatic heterocycles. The number of ether oxygens (including phenoxy) is 1. The number of halogens is 1. The molecule has 1 unspecified atom stereocenters. The Kier molecular flexibility index (Phi) is 3.75. The molecule has 1 aromatic carbocycles. The molecule has 1 fully saturated rings. The third-order valence-electron chi connectivity index (χ3n) is 2.68. The van der Waals surface area contributed by atoms with Gasteiger partial charge in [-0.2, -0.15) is 0 Å². The maximum atomic E-state index is 11.3. The Morgan fingerprint density at radius 2 is 2.24 bits per heavy atom. The number of hydrogen-bond donors (Lipinski definition) is 1. The van der Waals surface area contributed by atoms with Gasteiger partial charge in [0.25, 0.3) is 0 Å². The van der Waals surface area contributed by atoms with Crippen molar-refractivity contribution in [1.82, 2.24) is 0 Å². The Morgan fingerprint density at radius 1 is 1.47 bits per heavy atom. The van der Waals surface area contributed by atoms with Crippen molar-refractivity contribution < 1.29 is 18.3 Å². The number of rotatable bonds is 3. The molecule has 1 atom stereocenters. The second-order valence-electron chi connectivity index (χ2n) is 4.05. The van der Waals surface area contributed by atoms with E-state index < -0.39 is 9.84 Å². The largest absolute Gasteiger partial charge is 0.489 e. The first-order valence-corrected chi connectivity index (χ1v) is 7.88. The first-order chi connectivity index (χ1) is 8.00. The summed E-state index contributed by atoms with van der Waals surface area (Å²) in [6, 6.07) is 5.26. The lowest BCUT2D eigenvalue weighted by atomic mass is 10.2. The maximum absolute atomic E-state index is 11.3. The van der Waals surface area contributed by atoms with Crippen molar-refractivity contribution in [3.63, 3.8) is 0 Å². The fraction of sp³-hybridized carbons (Fsp3) is 0.455. The van der Waals surface area contributed by atoms with Crippen molar-refractivity contribution in [2.24, 2.45) is 0 Å². The quantitative estimate of drug-likeness (QED) is 0.916. The molecule has 0 bridgehead atoms. The average Bonchev–Trinajstić information content (AvgIpc) is 2.61. The van der Waals surface area contributed by atoms with E-state index in [4.69, 9.17) is 9.84 Å². The van der Waals surface area contributed by atoms with Crippen LogP contribution in [0.4, 0.5) is 0 Å². The van der Waals surface area contributed by atoms with Crippen LogP contribution < -0.4 is 4.74 Å². The Morgan fingerprint density at radius 3 is 2.82 bits per heavy atom. The molecule has 1 saturated heterocycles. The first kappa shape index (κ1) is 12.9. The summed E-state index contributed by atoms with van der Waals surface area (Å²) in [5, 5.41) is 9.11. The predicted molar refractivity (Wildman–Crippen MR) is 67.8 cm³/mol. The summed E-state index contributed by atoms with van der Waals surface area (Å²) in [5.74, 6) is 0.873. The molecule has 0 amide bonds. The van der Waals surface area contributed by atoms with Crippen LogP contribution in [0.15, 0.2) is 22.7 Å². The van der Waals surface area contributed by atoms with Crippen molar-refractivity contribution in [2.75, 3.05) is 11.5 Å². The van der Waals surface area contributed by atoms with Crippen LogP contribution >= 0.6 is 15.9 Å². The molecule has 6 heteroatoms. The van der Waals surface area contributed by atoms with Gasteiger partial charge in [0.15, 0.2) is 9.84 Å². The molecular formula is C11H13BrO4S. The lowest BCUT2D eigenvalue weighted by Gasteiger charge is -2.13. The van der Waals surface area contributed by atoms with Crippen molar-refractivity contribution >= 4 is 25.8 Å². The molecule has 94 valence electrons. The normalized spacial score (nSPS) is 22.6. The maximum Gasteiger partial charge on any atom is 0.154 e. The van der Waals surface area contributed by atoms with Gasteiger partial charge in [-0.25, -0.2) is 8.42 Å². The van der Waals surface area contributed by atoms with E-state index in [1.165, 1.54) is 0 Å². The third kappa shape index (κ3) is 3.20. The number of hydrogen-bond acceptors (Lipinski definition) is 4. The van der Waals surface area contributed by atoms with Crippen molar-refractivity contribution in [2.45, 2.75) is 19.1 Å². The van der Waals surface area contributed by atoms with Crippen LogP contribution in [0, 0.1) is 0 Å². The van der Waals surface area contributed by atoms with Gasteiger partial charge in [0.1, 0.15) is 11.9 Å². The van der Waals surface area contributed by atoms with Crippen LogP contribution in [0.1, 0.15) is 12.0 Å². The highest BCUT2D eigenvalue weighted by molar-refractivity contribution is 9.10. The zero-order valence-electron chi connectivity index (χ0n) is 9.10. The number of aliphatic hydroxyl groups excluding tert-OH is 1. The van der Waals surface area contributed by atoms with Gasteiger partial charge in [-0.3, -0.25) is 0 Å². The van der Waals surface area contributed by atoms with E-state index in [-0.39, 0.29) is 24.2 Å². The van der Waals surface area contributed by atoms with E-state index in [2.05, 4.69) is 15.9 Å². The molecule has 17 heavy (non-hydrogen) atoms. The van der Waals surface area contributed by atoms with E-state index >= 15 is 0 Å². The minimum Gasteiger partial charge on any atom is -0.489 e. The summed E-state index contributed by atoms with van der Waals surface area (Å²) < 4.78 is 29.0. The number of sulfone groups is 1. The summed E-state index contributed by atoms with van der Waals surface area (Å²) in [4.78, 5) is 0. The zero-order valence-corrected chi connectivity index (χ0v) is 11.5.